The molecular weight excluding hydrogens is 244 g/mol. The predicted octanol–water partition coefficient (Wildman–Crippen LogP) is 4.04. The van der Waals surface area contributed by atoms with E-state index in [-0.39, 0.29) is 0 Å². The quantitative estimate of drug-likeness (QED) is 0.887. The van der Waals surface area contributed by atoms with E-state index in [4.69, 9.17) is 0 Å². The van der Waals surface area contributed by atoms with Gasteiger partial charge in [-0.2, -0.15) is 0 Å². The summed E-state index contributed by atoms with van der Waals surface area (Å²) < 4.78 is 2.52. The average molecular weight is 270 g/mol. The van der Waals surface area contributed by atoms with Gasteiger partial charge in [0, 0.05) is 23.1 Å². The summed E-state index contributed by atoms with van der Waals surface area (Å²) in [6.45, 7) is 8.12. The number of benzene rings is 1. The molecule has 1 aromatic heterocycles. The summed E-state index contributed by atoms with van der Waals surface area (Å²) in [5, 5.41) is 4.88. The van der Waals surface area contributed by atoms with Crippen LogP contribution in [0.15, 0.2) is 24.3 Å². The van der Waals surface area contributed by atoms with Crippen LogP contribution in [0.5, 0.6) is 0 Å². The van der Waals surface area contributed by atoms with Crippen LogP contribution in [0.3, 0.4) is 0 Å². The van der Waals surface area contributed by atoms with Crippen molar-refractivity contribution in [2.75, 3.05) is 13.1 Å². The molecular formula is C18H26N2. The Hall–Kier alpha value is -1.28. The smallest absolute Gasteiger partial charge is 0.0485 e. The van der Waals surface area contributed by atoms with E-state index in [1.54, 1.807) is 0 Å². The van der Waals surface area contributed by atoms with Crippen molar-refractivity contribution in [2.45, 2.75) is 46.1 Å². The van der Waals surface area contributed by atoms with E-state index < -0.39 is 0 Å². The van der Waals surface area contributed by atoms with Crippen molar-refractivity contribution >= 4 is 10.9 Å². The molecule has 1 aromatic carbocycles. The van der Waals surface area contributed by atoms with Gasteiger partial charge in [-0.1, -0.05) is 18.2 Å². The number of hydrogen-bond donors (Lipinski definition) is 1. The molecule has 20 heavy (non-hydrogen) atoms. The van der Waals surface area contributed by atoms with Crippen LogP contribution in [0.1, 0.15) is 36.9 Å². The van der Waals surface area contributed by atoms with Gasteiger partial charge in [0.25, 0.3) is 0 Å². The minimum atomic E-state index is 0.944. The van der Waals surface area contributed by atoms with Crippen LogP contribution in [0, 0.1) is 19.8 Å². The van der Waals surface area contributed by atoms with Gasteiger partial charge in [0.1, 0.15) is 0 Å². The number of hydrogen-bond acceptors (Lipinski definition) is 1. The molecule has 1 aliphatic heterocycles. The van der Waals surface area contributed by atoms with Gasteiger partial charge in [0.05, 0.1) is 0 Å². The highest BCUT2D eigenvalue weighted by atomic mass is 15.0. The van der Waals surface area contributed by atoms with Crippen molar-refractivity contribution in [3.63, 3.8) is 0 Å². The van der Waals surface area contributed by atoms with Crippen molar-refractivity contribution in [3.8, 4) is 0 Å². The van der Waals surface area contributed by atoms with E-state index >= 15 is 0 Å². The maximum Gasteiger partial charge on any atom is 0.0485 e. The fourth-order valence-electron chi connectivity index (χ4n) is 3.60. The Kier molecular flexibility index (Phi) is 4.11. The van der Waals surface area contributed by atoms with Crippen LogP contribution in [0.4, 0.5) is 0 Å². The second-order valence-corrected chi connectivity index (χ2v) is 6.21. The van der Waals surface area contributed by atoms with E-state index in [1.165, 1.54) is 67.5 Å². The molecule has 0 bridgehead atoms. The Morgan fingerprint density at radius 1 is 1.15 bits per heavy atom. The zero-order valence-corrected chi connectivity index (χ0v) is 12.8. The van der Waals surface area contributed by atoms with E-state index in [2.05, 4.69) is 48.0 Å². The molecule has 0 spiro atoms. The van der Waals surface area contributed by atoms with Gasteiger partial charge in [-0.05, 0) is 70.2 Å². The summed E-state index contributed by atoms with van der Waals surface area (Å²) in [5.74, 6) is 0.944. The molecule has 1 fully saturated rings. The summed E-state index contributed by atoms with van der Waals surface area (Å²) >= 11 is 0. The summed E-state index contributed by atoms with van der Waals surface area (Å²) in [6, 6.07) is 8.82. The Morgan fingerprint density at radius 2 is 1.90 bits per heavy atom. The van der Waals surface area contributed by atoms with Crippen LogP contribution >= 0.6 is 0 Å². The lowest BCUT2D eigenvalue weighted by Gasteiger charge is -2.22. The third kappa shape index (κ3) is 2.62. The van der Waals surface area contributed by atoms with Gasteiger partial charge < -0.3 is 9.88 Å². The summed E-state index contributed by atoms with van der Waals surface area (Å²) in [5.41, 5.74) is 4.30. The summed E-state index contributed by atoms with van der Waals surface area (Å²) in [6.07, 6.45) is 5.42. The van der Waals surface area contributed by atoms with Crippen LogP contribution in [0.25, 0.3) is 10.9 Å². The van der Waals surface area contributed by atoms with Gasteiger partial charge in [-0.15, -0.1) is 0 Å². The number of aromatic nitrogens is 1. The van der Waals surface area contributed by atoms with E-state index in [0.29, 0.717) is 0 Å². The fourth-order valence-corrected chi connectivity index (χ4v) is 3.60. The van der Waals surface area contributed by atoms with Gasteiger partial charge in [0.2, 0.25) is 0 Å². The first-order chi connectivity index (χ1) is 9.77. The lowest BCUT2D eigenvalue weighted by molar-refractivity contribution is 0.340. The third-order valence-electron chi connectivity index (χ3n) is 5.00. The molecule has 1 saturated heterocycles. The van der Waals surface area contributed by atoms with Crippen molar-refractivity contribution in [1.82, 2.24) is 9.88 Å². The highest BCUT2D eigenvalue weighted by Gasteiger charge is 2.14. The molecule has 2 heterocycles. The Balaban J connectivity index is 1.69. The first-order valence-electron chi connectivity index (χ1n) is 8.02. The van der Waals surface area contributed by atoms with Crippen LogP contribution in [0.2, 0.25) is 0 Å². The zero-order chi connectivity index (χ0) is 13.9. The molecule has 0 aliphatic carbocycles. The molecule has 2 heteroatoms. The lowest BCUT2D eigenvalue weighted by Crippen LogP contribution is -2.27. The largest absolute Gasteiger partial charge is 0.345 e. The molecule has 2 nitrogen and oxygen atoms in total. The number of nitrogens with one attached hydrogen (secondary N) is 1. The summed E-state index contributed by atoms with van der Waals surface area (Å²) in [4.78, 5) is 0. The first-order valence-corrected chi connectivity index (χ1v) is 8.02. The number of aryl methyl sites for hydroxylation is 2. The number of para-hydroxylation sites is 1. The van der Waals surface area contributed by atoms with E-state index in [9.17, 15) is 0 Å². The second kappa shape index (κ2) is 6.01. The van der Waals surface area contributed by atoms with Crippen molar-refractivity contribution < 1.29 is 0 Å². The molecule has 1 N–H and O–H groups in total. The van der Waals surface area contributed by atoms with Crippen molar-refractivity contribution in [3.05, 3.63) is 35.5 Å². The molecule has 0 amide bonds. The topological polar surface area (TPSA) is 17.0 Å². The van der Waals surface area contributed by atoms with Crippen molar-refractivity contribution in [2.24, 2.45) is 5.92 Å². The number of rotatable bonds is 4. The fraction of sp³-hybridized carbons (Fsp3) is 0.556. The molecule has 0 saturated carbocycles. The first kappa shape index (κ1) is 13.7. The molecule has 0 radical (unpaired) electrons. The Labute approximate surface area is 122 Å². The standard InChI is InChI=1S/C18H26N2/c1-14-15(2)20(18-8-4-3-7-17(14)18)13-5-6-16-9-11-19-12-10-16/h3-4,7-8,16,19H,5-6,9-13H2,1-2H3. The van der Waals surface area contributed by atoms with Crippen LogP contribution in [-0.2, 0) is 6.54 Å². The molecule has 0 unspecified atom stereocenters. The van der Waals surface area contributed by atoms with Gasteiger partial charge in [0.15, 0.2) is 0 Å². The molecule has 2 aromatic rings. The third-order valence-corrected chi connectivity index (χ3v) is 5.00. The highest BCUT2D eigenvalue weighted by Crippen LogP contribution is 2.26. The molecule has 0 atom stereocenters. The zero-order valence-electron chi connectivity index (χ0n) is 12.8. The molecule has 1 aliphatic rings. The van der Waals surface area contributed by atoms with Gasteiger partial charge in [-0.25, -0.2) is 0 Å². The molecule has 108 valence electrons. The number of piperidine rings is 1. The van der Waals surface area contributed by atoms with Gasteiger partial charge in [-0.3, -0.25) is 0 Å². The Morgan fingerprint density at radius 3 is 2.70 bits per heavy atom. The highest BCUT2D eigenvalue weighted by molar-refractivity contribution is 5.85. The summed E-state index contributed by atoms with van der Waals surface area (Å²) in [7, 11) is 0. The molecule has 3 rings (SSSR count). The van der Waals surface area contributed by atoms with Crippen molar-refractivity contribution in [1.29, 1.82) is 0 Å². The van der Waals surface area contributed by atoms with E-state index in [0.717, 1.165) is 5.92 Å². The maximum absolute atomic E-state index is 3.45. The SMILES string of the molecule is Cc1c(C)n(CCCC2CCNCC2)c2ccccc12. The maximum atomic E-state index is 3.45. The monoisotopic (exact) mass is 270 g/mol. The lowest BCUT2D eigenvalue weighted by atomic mass is 9.93. The predicted molar refractivity (Wildman–Crippen MR) is 86.2 cm³/mol. The number of fused-ring (bicyclic) bond motifs is 1. The van der Waals surface area contributed by atoms with Crippen LogP contribution < -0.4 is 5.32 Å². The normalized spacial score (nSPS) is 16.9. The Bertz CT molecular complexity index is 576. The minimum absolute atomic E-state index is 0.944. The van der Waals surface area contributed by atoms with E-state index in [1.807, 2.05) is 0 Å². The second-order valence-electron chi connectivity index (χ2n) is 6.21. The average Bonchev–Trinajstić information content (AvgIpc) is 2.74. The van der Waals surface area contributed by atoms with Crippen LogP contribution in [-0.4, -0.2) is 17.7 Å². The minimum Gasteiger partial charge on any atom is -0.345 e. The number of nitrogens with zero attached hydrogens (tertiary/aromatic N) is 1. The van der Waals surface area contributed by atoms with Gasteiger partial charge >= 0.3 is 0 Å².